The minimum absolute atomic E-state index is 0.163. The number of allylic oxidation sites excluding steroid dienone is 2. The van der Waals surface area contributed by atoms with Gasteiger partial charge in [-0.3, -0.25) is 0 Å². The van der Waals surface area contributed by atoms with Crippen molar-refractivity contribution in [1.82, 2.24) is 0 Å². The summed E-state index contributed by atoms with van der Waals surface area (Å²) in [5.74, 6) is 0. The van der Waals surface area contributed by atoms with Gasteiger partial charge in [0.25, 0.3) is 0 Å². The number of rotatable bonds is 5. The van der Waals surface area contributed by atoms with Crippen molar-refractivity contribution in [3.05, 3.63) is 11.6 Å². The Morgan fingerprint density at radius 3 is 2.55 bits per heavy atom. The van der Waals surface area contributed by atoms with Crippen molar-refractivity contribution in [2.45, 2.75) is 39.2 Å². The van der Waals surface area contributed by atoms with Crippen LogP contribution < -0.4 is 5.73 Å². The minimum atomic E-state index is 0.163. The Morgan fingerprint density at radius 2 is 2.09 bits per heavy atom. The normalized spacial score (nSPS) is 12.7. The fourth-order valence-corrected chi connectivity index (χ4v) is 0.896. The summed E-state index contributed by atoms with van der Waals surface area (Å²) in [5.41, 5.74) is 7.02. The third kappa shape index (κ3) is 7.56. The van der Waals surface area contributed by atoms with Crippen LogP contribution in [-0.2, 0) is 0 Å². The zero-order valence-corrected chi connectivity index (χ0v) is 7.51. The summed E-state index contributed by atoms with van der Waals surface area (Å²) in [5, 5.41) is 8.55. The van der Waals surface area contributed by atoms with Gasteiger partial charge in [-0.2, -0.15) is 0 Å². The lowest BCUT2D eigenvalue weighted by atomic mass is 10.1. The van der Waals surface area contributed by atoms with E-state index in [0.29, 0.717) is 0 Å². The van der Waals surface area contributed by atoms with Gasteiger partial charge in [-0.05, 0) is 33.1 Å². The lowest BCUT2D eigenvalue weighted by Crippen LogP contribution is -2.20. The van der Waals surface area contributed by atoms with Gasteiger partial charge >= 0.3 is 0 Å². The van der Waals surface area contributed by atoms with Crippen molar-refractivity contribution in [1.29, 1.82) is 0 Å². The summed E-state index contributed by atoms with van der Waals surface area (Å²) < 4.78 is 0. The fraction of sp³-hybridized carbons (Fsp3) is 0.778. The van der Waals surface area contributed by atoms with E-state index in [1.165, 1.54) is 5.57 Å². The predicted octanol–water partition coefficient (Wildman–Crippen LogP) is 1.44. The molecule has 0 saturated heterocycles. The fourth-order valence-electron chi connectivity index (χ4n) is 0.896. The molecule has 66 valence electrons. The molecule has 3 N–H and O–H groups in total. The smallest absolute Gasteiger partial charge is 0.0445 e. The quantitative estimate of drug-likeness (QED) is 0.593. The van der Waals surface area contributed by atoms with Crippen molar-refractivity contribution in [2.75, 3.05) is 6.61 Å². The number of aliphatic hydroxyl groups is 1. The summed E-state index contributed by atoms with van der Waals surface area (Å²) in [6.45, 7) is 4.37. The molecule has 0 aromatic heterocycles. The Bertz CT molecular complexity index is 117. The topological polar surface area (TPSA) is 46.2 Å². The number of aliphatic hydroxyl groups excluding tert-OH is 1. The van der Waals surface area contributed by atoms with Gasteiger partial charge in [-0.1, -0.05) is 11.6 Å². The van der Waals surface area contributed by atoms with Crippen molar-refractivity contribution in [3.63, 3.8) is 0 Å². The summed E-state index contributed by atoms with van der Waals surface area (Å²) in [4.78, 5) is 0. The van der Waals surface area contributed by atoms with E-state index in [-0.39, 0.29) is 12.6 Å². The number of hydrogen-bond donors (Lipinski definition) is 2. The van der Waals surface area contributed by atoms with Gasteiger partial charge in [0, 0.05) is 12.6 Å². The van der Waals surface area contributed by atoms with Crippen LogP contribution in [0.2, 0.25) is 0 Å². The highest BCUT2D eigenvalue weighted by molar-refractivity contribution is 4.93. The van der Waals surface area contributed by atoms with Gasteiger partial charge in [-0.25, -0.2) is 0 Å². The van der Waals surface area contributed by atoms with Gasteiger partial charge in [0.05, 0.1) is 0 Å². The monoisotopic (exact) mass is 157 g/mol. The second kappa shape index (κ2) is 6.38. The van der Waals surface area contributed by atoms with E-state index in [2.05, 4.69) is 19.9 Å². The summed E-state index contributed by atoms with van der Waals surface area (Å²) in [7, 11) is 0. The zero-order chi connectivity index (χ0) is 8.69. The Morgan fingerprint density at radius 1 is 1.45 bits per heavy atom. The van der Waals surface area contributed by atoms with Crippen LogP contribution in [0.5, 0.6) is 0 Å². The third-order valence-corrected chi connectivity index (χ3v) is 1.59. The van der Waals surface area contributed by atoms with E-state index in [0.717, 1.165) is 19.3 Å². The van der Waals surface area contributed by atoms with E-state index in [4.69, 9.17) is 10.8 Å². The van der Waals surface area contributed by atoms with Crippen molar-refractivity contribution < 1.29 is 5.11 Å². The average molecular weight is 157 g/mol. The molecule has 1 atom stereocenters. The lowest BCUT2D eigenvalue weighted by Gasteiger charge is -2.06. The van der Waals surface area contributed by atoms with Gasteiger partial charge in [0.15, 0.2) is 0 Å². The summed E-state index contributed by atoms with van der Waals surface area (Å²) in [6, 6.07) is 0.163. The minimum Gasteiger partial charge on any atom is -0.396 e. The standard InChI is InChI=1S/C9H19NO/c1-8(2)4-3-5-9(10)6-7-11/h4,9,11H,3,5-7,10H2,1-2H3/t9-/m0/s1. The first kappa shape index (κ1) is 10.7. The molecule has 0 aromatic rings. The van der Waals surface area contributed by atoms with E-state index in [1.54, 1.807) is 0 Å². The molecule has 0 unspecified atom stereocenters. The maximum atomic E-state index is 8.55. The second-order valence-corrected chi connectivity index (χ2v) is 3.13. The molecule has 0 bridgehead atoms. The molecule has 0 aliphatic heterocycles. The van der Waals surface area contributed by atoms with E-state index < -0.39 is 0 Å². The molecule has 2 nitrogen and oxygen atoms in total. The molecule has 0 heterocycles. The van der Waals surface area contributed by atoms with Crippen LogP contribution in [0.1, 0.15) is 33.1 Å². The molecule has 11 heavy (non-hydrogen) atoms. The maximum absolute atomic E-state index is 8.55. The van der Waals surface area contributed by atoms with Crippen LogP contribution in [0.4, 0.5) is 0 Å². The first-order valence-corrected chi connectivity index (χ1v) is 4.16. The Labute approximate surface area is 69.1 Å². The van der Waals surface area contributed by atoms with Crippen LogP contribution in [0.25, 0.3) is 0 Å². The molecule has 0 amide bonds. The van der Waals surface area contributed by atoms with Crippen molar-refractivity contribution in [2.24, 2.45) is 5.73 Å². The Kier molecular flexibility index (Phi) is 6.18. The maximum Gasteiger partial charge on any atom is 0.0445 e. The molecule has 0 aromatic carbocycles. The first-order chi connectivity index (χ1) is 5.16. The molecule has 0 aliphatic carbocycles. The largest absolute Gasteiger partial charge is 0.396 e. The van der Waals surface area contributed by atoms with Crippen LogP contribution in [0, 0.1) is 0 Å². The molecule has 0 rings (SSSR count). The Balaban J connectivity index is 3.31. The van der Waals surface area contributed by atoms with Crippen LogP contribution in [0.15, 0.2) is 11.6 Å². The van der Waals surface area contributed by atoms with Crippen molar-refractivity contribution >= 4 is 0 Å². The summed E-state index contributed by atoms with van der Waals surface area (Å²) >= 11 is 0. The second-order valence-electron chi connectivity index (χ2n) is 3.13. The van der Waals surface area contributed by atoms with E-state index >= 15 is 0 Å². The molecular weight excluding hydrogens is 138 g/mol. The molecule has 0 fully saturated rings. The van der Waals surface area contributed by atoms with Gasteiger partial charge < -0.3 is 10.8 Å². The highest BCUT2D eigenvalue weighted by Gasteiger charge is 1.98. The highest BCUT2D eigenvalue weighted by Crippen LogP contribution is 2.01. The molecule has 0 saturated carbocycles. The molecular formula is C9H19NO. The van der Waals surface area contributed by atoms with Gasteiger partial charge in [0.2, 0.25) is 0 Å². The Hall–Kier alpha value is -0.340. The summed E-state index contributed by atoms with van der Waals surface area (Å²) in [6.07, 6.45) is 4.91. The molecule has 0 spiro atoms. The molecule has 2 heteroatoms. The highest BCUT2D eigenvalue weighted by atomic mass is 16.3. The number of nitrogens with two attached hydrogens (primary N) is 1. The lowest BCUT2D eigenvalue weighted by molar-refractivity contribution is 0.273. The number of hydrogen-bond acceptors (Lipinski definition) is 2. The van der Waals surface area contributed by atoms with Crippen molar-refractivity contribution in [3.8, 4) is 0 Å². The molecule has 0 radical (unpaired) electrons. The van der Waals surface area contributed by atoms with Gasteiger partial charge in [0.1, 0.15) is 0 Å². The van der Waals surface area contributed by atoms with E-state index in [9.17, 15) is 0 Å². The van der Waals surface area contributed by atoms with E-state index in [1.807, 2.05) is 0 Å². The SMILES string of the molecule is CC(C)=CCC[C@H](N)CCO. The average Bonchev–Trinajstić information content (AvgIpc) is 1.87. The van der Waals surface area contributed by atoms with Crippen LogP contribution in [-0.4, -0.2) is 17.8 Å². The third-order valence-electron chi connectivity index (χ3n) is 1.59. The predicted molar refractivity (Wildman–Crippen MR) is 48.3 cm³/mol. The van der Waals surface area contributed by atoms with Gasteiger partial charge in [-0.15, -0.1) is 0 Å². The van der Waals surface area contributed by atoms with Crippen LogP contribution in [0.3, 0.4) is 0 Å². The first-order valence-electron chi connectivity index (χ1n) is 4.16. The molecule has 0 aliphatic rings. The van der Waals surface area contributed by atoms with Crippen LogP contribution >= 0.6 is 0 Å². The zero-order valence-electron chi connectivity index (χ0n) is 7.51.